The summed E-state index contributed by atoms with van der Waals surface area (Å²) in [5.41, 5.74) is 0. The van der Waals surface area contributed by atoms with Gasteiger partial charge in [-0.1, -0.05) is 27.7 Å². The Kier molecular flexibility index (Phi) is 2.38. The first-order valence-corrected chi connectivity index (χ1v) is 5.44. The minimum Gasteiger partial charge on any atom is -0.390 e. The van der Waals surface area contributed by atoms with E-state index < -0.39 is 0 Å². The third kappa shape index (κ3) is 1.36. The van der Waals surface area contributed by atoms with Gasteiger partial charge in [-0.15, -0.1) is 6.58 Å². The van der Waals surface area contributed by atoms with Crippen LogP contribution in [0.4, 0.5) is 0 Å². The maximum Gasteiger partial charge on any atom is 0.0851 e. The van der Waals surface area contributed by atoms with E-state index in [2.05, 4.69) is 20.4 Å². The van der Waals surface area contributed by atoms with Gasteiger partial charge in [0.25, 0.3) is 0 Å². The Bertz CT molecular complexity index is 145. The fourth-order valence-electron chi connectivity index (χ4n) is 0.845. The first-order valence-electron chi connectivity index (χ1n) is 3.23. The smallest absolute Gasteiger partial charge is 0.0851 e. The van der Waals surface area contributed by atoms with Crippen LogP contribution in [0.2, 0.25) is 0 Å². The molecule has 1 rings (SSSR count). The van der Waals surface area contributed by atoms with Crippen LogP contribution in [0.5, 0.6) is 0 Å². The quantitative estimate of drug-likeness (QED) is 0.488. The third-order valence-electron chi connectivity index (χ3n) is 1.63. The van der Waals surface area contributed by atoms with Gasteiger partial charge < -0.3 is 5.11 Å². The number of aliphatic hydroxyl groups is 1. The highest BCUT2D eigenvalue weighted by atomic mass is 33.1. The van der Waals surface area contributed by atoms with E-state index in [0.29, 0.717) is 0 Å². The van der Waals surface area contributed by atoms with E-state index in [-0.39, 0.29) is 16.1 Å². The summed E-state index contributed by atoms with van der Waals surface area (Å²) in [6.07, 6.45) is 1.57. The van der Waals surface area contributed by atoms with E-state index in [0.717, 1.165) is 0 Å². The van der Waals surface area contributed by atoms with Gasteiger partial charge in [0.2, 0.25) is 0 Å². The van der Waals surface area contributed by atoms with E-state index in [4.69, 9.17) is 0 Å². The van der Waals surface area contributed by atoms with Crippen molar-refractivity contribution in [3.8, 4) is 0 Å². The molecule has 3 heteroatoms. The molecule has 1 heterocycles. The molecule has 10 heavy (non-hydrogen) atoms. The lowest BCUT2D eigenvalue weighted by Crippen LogP contribution is -2.33. The molecule has 1 aliphatic rings. The zero-order valence-corrected chi connectivity index (χ0v) is 7.84. The van der Waals surface area contributed by atoms with Gasteiger partial charge in [-0.3, -0.25) is 0 Å². The monoisotopic (exact) mass is 176 g/mol. The Hall–Kier alpha value is 0.400. The second-order valence-corrected chi connectivity index (χ2v) is 5.96. The van der Waals surface area contributed by atoms with Gasteiger partial charge in [-0.25, -0.2) is 0 Å². The van der Waals surface area contributed by atoms with Gasteiger partial charge in [0, 0.05) is 4.75 Å². The Labute approximate surface area is 69.7 Å². The molecule has 2 atom stereocenters. The standard InChI is InChI=1S/C7H12OS2/c1-4-5-6(8)7(2,3)10-9-5/h4-6,8H,1H2,2-3H3/t5-,6-/m0/s1. The first kappa shape index (κ1) is 8.50. The normalized spacial score (nSPS) is 37.9. The lowest BCUT2D eigenvalue weighted by atomic mass is 10.0. The van der Waals surface area contributed by atoms with Crippen LogP contribution in [0, 0.1) is 0 Å². The Morgan fingerprint density at radius 1 is 1.60 bits per heavy atom. The van der Waals surface area contributed by atoms with Crippen molar-refractivity contribution in [3.05, 3.63) is 12.7 Å². The molecule has 0 aromatic carbocycles. The van der Waals surface area contributed by atoms with Crippen molar-refractivity contribution in [2.45, 2.75) is 29.9 Å². The summed E-state index contributed by atoms with van der Waals surface area (Å²) in [6.45, 7) is 7.77. The highest BCUT2D eigenvalue weighted by Gasteiger charge is 2.41. The van der Waals surface area contributed by atoms with Crippen LogP contribution < -0.4 is 0 Å². The Morgan fingerprint density at radius 2 is 2.20 bits per heavy atom. The fraction of sp³-hybridized carbons (Fsp3) is 0.714. The fourth-order valence-corrected chi connectivity index (χ4v) is 3.98. The minimum atomic E-state index is -0.250. The molecule has 0 spiro atoms. The third-order valence-corrected chi connectivity index (χ3v) is 5.31. The molecule has 0 aromatic heterocycles. The molecule has 0 amide bonds. The molecule has 58 valence electrons. The topological polar surface area (TPSA) is 20.2 Å². The summed E-state index contributed by atoms with van der Waals surface area (Å²) in [6, 6.07) is 0. The van der Waals surface area contributed by atoms with Gasteiger partial charge in [-0.05, 0) is 13.8 Å². The molecule has 1 nitrogen and oxygen atoms in total. The number of hydrogen-bond acceptors (Lipinski definition) is 3. The zero-order chi connectivity index (χ0) is 7.78. The SMILES string of the molecule is C=C[C@@H]1SSC(C)(C)[C@H]1O. The van der Waals surface area contributed by atoms with E-state index >= 15 is 0 Å². The van der Waals surface area contributed by atoms with Gasteiger partial charge in [0.15, 0.2) is 0 Å². The van der Waals surface area contributed by atoms with Gasteiger partial charge in [0.05, 0.1) is 11.4 Å². The predicted octanol–water partition coefficient (Wildman–Crippen LogP) is 2.08. The second kappa shape index (κ2) is 2.80. The lowest BCUT2D eigenvalue weighted by Gasteiger charge is -2.21. The average Bonchev–Trinajstić information content (AvgIpc) is 2.10. The van der Waals surface area contributed by atoms with Gasteiger partial charge in [-0.2, -0.15) is 0 Å². The van der Waals surface area contributed by atoms with Crippen LogP contribution in [-0.2, 0) is 0 Å². The molecule has 1 saturated heterocycles. The number of rotatable bonds is 1. The van der Waals surface area contributed by atoms with E-state index in [1.54, 1.807) is 21.6 Å². The molecule has 1 N–H and O–H groups in total. The number of hydrogen-bond donors (Lipinski definition) is 1. The maximum absolute atomic E-state index is 9.60. The van der Waals surface area contributed by atoms with Crippen molar-refractivity contribution in [1.29, 1.82) is 0 Å². The minimum absolute atomic E-state index is 0.0104. The van der Waals surface area contributed by atoms with Gasteiger partial charge in [0.1, 0.15) is 0 Å². The summed E-state index contributed by atoms with van der Waals surface area (Å²) >= 11 is 0. The molecule has 1 fully saturated rings. The summed E-state index contributed by atoms with van der Waals surface area (Å²) in [7, 11) is 3.44. The first-order chi connectivity index (χ1) is 4.58. The van der Waals surface area contributed by atoms with Crippen LogP contribution in [0.15, 0.2) is 12.7 Å². The molecule has 0 saturated carbocycles. The van der Waals surface area contributed by atoms with Crippen molar-refractivity contribution in [2.75, 3.05) is 0 Å². The molecule has 0 aliphatic carbocycles. The number of aliphatic hydroxyl groups excluding tert-OH is 1. The van der Waals surface area contributed by atoms with Crippen molar-refractivity contribution in [2.24, 2.45) is 0 Å². The largest absolute Gasteiger partial charge is 0.390 e. The van der Waals surface area contributed by atoms with Crippen molar-refractivity contribution < 1.29 is 5.11 Å². The van der Waals surface area contributed by atoms with Crippen LogP contribution in [0.25, 0.3) is 0 Å². The maximum atomic E-state index is 9.60. The van der Waals surface area contributed by atoms with Crippen LogP contribution in [-0.4, -0.2) is 21.2 Å². The molecule has 0 radical (unpaired) electrons. The van der Waals surface area contributed by atoms with Gasteiger partial charge >= 0.3 is 0 Å². The Balaban J connectivity index is 2.66. The van der Waals surface area contributed by atoms with Crippen molar-refractivity contribution in [1.82, 2.24) is 0 Å². The molecule has 0 unspecified atom stereocenters. The van der Waals surface area contributed by atoms with E-state index in [9.17, 15) is 5.11 Å². The summed E-state index contributed by atoms with van der Waals surface area (Å²) in [4.78, 5) is 0. The molecular formula is C7H12OS2. The van der Waals surface area contributed by atoms with E-state index in [1.165, 1.54) is 0 Å². The molecule has 1 aliphatic heterocycles. The van der Waals surface area contributed by atoms with E-state index in [1.807, 2.05) is 6.08 Å². The zero-order valence-electron chi connectivity index (χ0n) is 6.20. The van der Waals surface area contributed by atoms with Crippen molar-refractivity contribution >= 4 is 21.6 Å². The summed E-state index contributed by atoms with van der Waals surface area (Å²) in [5.74, 6) is 0. The van der Waals surface area contributed by atoms with Crippen LogP contribution >= 0.6 is 21.6 Å². The highest BCUT2D eigenvalue weighted by molar-refractivity contribution is 8.78. The summed E-state index contributed by atoms with van der Waals surface area (Å²) < 4.78 is -0.0104. The van der Waals surface area contributed by atoms with Crippen molar-refractivity contribution in [3.63, 3.8) is 0 Å². The highest BCUT2D eigenvalue weighted by Crippen LogP contribution is 2.51. The van der Waals surface area contributed by atoms with Crippen LogP contribution in [0.3, 0.4) is 0 Å². The molecular weight excluding hydrogens is 164 g/mol. The average molecular weight is 176 g/mol. The summed E-state index contributed by atoms with van der Waals surface area (Å²) in [5, 5.41) is 9.81. The van der Waals surface area contributed by atoms with Crippen LogP contribution in [0.1, 0.15) is 13.8 Å². The Morgan fingerprint density at radius 3 is 2.40 bits per heavy atom. The molecule has 0 aromatic rings. The second-order valence-electron chi connectivity index (χ2n) is 2.93. The lowest BCUT2D eigenvalue weighted by molar-refractivity contribution is 0.154. The molecule has 0 bridgehead atoms. The predicted molar refractivity (Wildman–Crippen MR) is 49.3 cm³/mol.